The van der Waals surface area contributed by atoms with Gasteiger partial charge in [-0.05, 0) is 36.5 Å². The van der Waals surface area contributed by atoms with Crippen LogP contribution in [0.25, 0.3) is 0 Å². The first-order chi connectivity index (χ1) is 8.25. The van der Waals surface area contributed by atoms with Gasteiger partial charge in [0.05, 0.1) is 5.69 Å². The van der Waals surface area contributed by atoms with E-state index in [2.05, 4.69) is 17.4 Å². The first-order valence-electron chi connectivity index (χ1n) is 5.14. The maximum atomic E-state index is 5.50. The second kappa shape index (κ2) is 5.70. The van der Waals surface area contributed by atoms with Crippen molar-refractivity contribution in [3.8, 4) is 0 Å². The van der Waals surface area contributed by atoms with Crippen LogP contribution in [0, 0.1) is 0 Å². The number of nitrogens with two attached hydrogens (primary N) is 1. The van der Waals surface area contributed by atoms with E-state index in [0.717, 1.165) is 10.6 Å². The van der Waals surface area contributed by atoms with Crippen LogP contribution in [0.5, 0.6) is 0 Å². The highest BCUT2D eigenvalue weighted by Crippen LogP contribution is 2.32. The Balaban J connectivity index is 2.23. The van der Waals surface area contributed by atoms with E-state index in [1.807, 2.05) is 42.5 Å². The molecule has 0 bridgehead atoms. The quantitative estimate of drug-likeness (QED) is 0.828. The number of nitrogens with one attached hydrogen (secondary N) is 1. The number of thiocarbonyl (C=S) groups is 1. The van der Waals surface area contributed by atoms with Crippen LogP contribution in [0.3, 0.4) is 0 Å². The molecule has 0 heterocycles. The summed E-state index contributed by atoms with van der Waals surface area (Å²) in [5.41, 5.74) is 6.44. The Kier molecular flexibility index (Phi) is 4.01. The number of hydrogen-bond acceptors (Lipinski definition) is 2. The molecule has 0 aliphatic carbocycles. The van der Waals surface area contributed by atoms with Crippen molar-refractivity contribution >= 4 is 34.8 Å². The van der Waals surface area contributed by atoms with Crippen molar-refractivity contribution in [1.29, 1.82) is 0 Å². The lowest BCUT2D eigenvalue weighted by Crippen LogP contribution is -2.19. The van der Waals surface area contributed by atoms with E-state index in [1.54, 1.807) is 11.8 Å². The summed E-state index contributed by atoms with van der Waals surface area (Å²) in [5, 5.41) is 3.27. The summed E-state index contributed by atoms with van der Waals surface area (Å²) >= 11 is 6.54. The minimum absolute atomic E-state index is 0.283. The summed E-state index contributed by atoms with van der Waals surface area (Å²) in [6, 6.07) is 18.1. The Morgan fingerprint density at radius 3 is 2.35 bits per heavy atom. The van der Waals surface area contributed by atoms with Crippen molar-refractivity contribution < 1.29 is 0 Å². The molecule has 0 unspecified atom stereocenters. The van der Waals surface area contributed by atoms with Crippen molar-refractivity contribution in [2.45, 2.75) is 9.79 Å². The fraction of sp³-hybridized carbons (Fsp3) is 0. The van der Waals surface area contributed by atoms with Gasteiger partial charge in [0.25, 0.3) is 0 Å². The average molecular weight is 260 g/mol. The number of hydrogen-bond donors (Lipinski definition) is 2. The monoisotopic (exact) mass is 260 g/mol. The van der Waals surface area contributed by atoms with Gasteiger partial charge in [-0.2, -0.15) is 0 Å². The summed E-state index contributed by atoms with van der Waals surface area (Å²) in [4.78, 5) is 2.29. The fourth-order valence-corrected chi connectivity index (χ4v) is 2.44. The molecule has 86 valence electrons. The SMILES string of the molecule is NC(=S)Nc1ccccc1Sc1ccccc1. The summed E-state index contributed by atoms with van der Waals surface area (Å²) in [5.74, 6) is 0. The lowest BCUT2D eigenvalue weighted by molar-refractivity contribution is 1.40. The number of para-hydroxylation sites is 1. The Labute approximate surface area is 110 Å². The minimum Gasteiger partial charge on any atom is -0.376 e. The van der Waals surface area contributed by atoms with E-state index in [1.165, 1.54) is 4.90 Å². The van der Waals surface area contributed by atoms with E-state index in [9.17, 15) is 0 Å². The standard InChI is InChI=1S/C13H12N2S2/c14-13(16)15-11-8-4-5-9-12(11)17-10-6-2-1-3-7-10/h1-9H,(H3,14,15,16). The van der Waals surface area contributed by atoms with Crippen LogP contribution < -0.4 is 11.1 Å². The van der Waals surface area contributed by atoms with Gasteiger partial charge in [0.1, 0.15) is 0 Å². The Morgan fingerprint density at radius 1 is 1.00 bits per heavy atom. The molecule has 2 aromatic rings. The predicted octanol–water partition coefficient (Wildman–Crippen LogP) is 3.49. The molecule has 4 heteroatoms. The Morgan fingerprint density at radius 2 is 1.65 bits per heavy atom. The number of benzene rings is 2. The Bertz CT molecular complexity index is 512. The molecular weight excluding hydrogens is 248 g/mol. The third kappa shape index (κ3) is 3.47. The topological polar surface area (TPSA) is 38.0 Å². The van der Waals surface area contributed by atoms with Crippen LogP contribution in [0.15, 0.2) is 64.4 Å². The van der Waals surface area contributed by atoms with Crippen LogP contribution >= 0.6 is 24.0 Å². The number of anilines is 1. The molecule has 0 amide bonds. The zero-order valence-corrected chi connectivity index (χ0v) is 10.7. The molecule has 0 saturated heterocycles. The van der Waals surface area contributed by atoms with E-state index in [0.29, 0.717) is 0 Å². The zero-order chi connectivity index (χ0) is 12.1. The predicted molar refractivity (Wildman–Crippen MR) is 77.4 cm³/mol. The molecular formula is C13H12N2S2. The molecule has 0 fully saturated rings. The van der Waals surface area contributed by atoms with Crippen molar-refractivity contribution in [3.63, 3.8) is 0 Å². The fourth-order valence-electron chi connectivity index (χ4n) is 1.41. The normalized spacial score (nSPS) is 9.88. The van der Waals surface area contributed by atoms with Crippen LogP contribution in [0.4, 0.5) is 5.69 Å². The average Bonchev–Trinajstić information content (AvgIpc) is 2.32. The smallest absolute Gasteiger partial charge is 0.168 e. The van der Waals surface area contributed by atoms with Crippen molar-refractivity contribution in [3.05, 3.63) is 54.6 Å². The molecule has 0 atom stereocenters. The molecule has 3 N–H and O–H groups in total. The van der Waals surface area contributed by atoms with E-state index >= 15 is 0 Å². The second-order valence-corrected chi connectivity index (χ2v) is 4.96. The van der Waals surface area contributed by atoms with Crippen molar-refractivity contribution in [2.75, 3.05) is 5.32 Å². The lowest BCUT2D eigenvalue weighted by Gasteiger charge is -2.09. The highest BCUT2D eigenvalue weighted by atomic mass is 32.2. The van der Waals surface area contributed by atoms with Gasteiger partial charge in [0.15, 0.2) is 5.11 Å². The maximum absolute atomic E-state index is 5.50. The van der Waals surface area contributed by atoms with Crippen LogP contribution in [-0.2, 0) is 0 Å². The van der Waals surface area contributed by atoms with E-state index in [4.69, 9.17) is 18.0 Å². The highest BCUT2D eigenvalue weighted by Gasteiger charge is 2.03. The van der Waals surface area contributed by atoms with Gasteiger partial charge in [0.2, 0.25) is 0 Å². The third-order valence-corrected chi connectivity index (χ3v) is 3.30. The summed E-state index contributed by atoms with van der Waals surface area (Å²) in [6.07, 6.45) is 0. The molecule has 0 aromatic heterocycles. The highest BCUT2D eigenvalue weighted by molar-refractivity contribution is 7.99. The Hall–Kier alpha value is -1.52. The number of rotatable bonds is 3. The van der Waals surface area contributed by atoms with Crippen LogP contribution in [0.1, 0.15) is 0 Å². The maximum Gasteiger partial charge on any atom is 0.168 e. The molecule has 2 aromatic carbocycles. The van der Waals surface area contributed by atoms with Crippen molar-refractivity contribution in [1.82, 2.24) is 0 Å². The van der Waals surface area contributed by atoms with Gasteiger partial charge in [-0.3, -0.25) is 0 Å². The zero-order valence-electron chi connectivity index (χ0n) is 9.09. The van der Waals surface area contributed by atoms with Gasteiger partial charge in [0, 0.05) is 9.79 Å². The summed E-state index contributed by atoms with van der Waals surface area (Å²) < 4.78 is 0. The third-order valence-electron chi connectivity index (χ3n) is 2.12. The van der Waals surface area contributed by atoms with Crippen LogP contribution in [0.2, 0.25) is 0 Å². The largest absolute Gasteiger partial charge is 0.376 e. The van der Waals surface area contributed by atoms with Crippen molar-refractivity contribution in [2.24, 2.45) is 5.73 Å². The minimum atomic E-state index is 0.283. The lowest BCUT2D eigenvalue weighted by atomic mass is 10.3. The molecule has 2 nitrogen and oxygen atoms in total. The summed E-state index contributed by atoms with van der Waals surface area (Å²) in [6.45, 7) is 0. The molecule has 2 rings (SSSR count). The van der Waals surface area contributed by atoms with Gasteiger partial charge >= 0.3 is 0 Å². The van der Waals surface area contributed by atoms with Gasteiger partial charge in [-0.15, -0.1) is 0 Å². The first kappa shape index (κ1) is 12.0. The molecule has 0 aliphatic heterocycles. The molecule has 0 saturated carbocycles. The van der Waals surface area contributed by atoms with Gasteiger partial charge in [-0.1, -0.05) is 42.1 Å². The van der Waals surface area contributed by atoms with E-state index < -0.39 is 0 Å². The van der Waals surface area contributed by atoms with Crippen LogP contribution in [-0.4, -0.2) is 5.11 Å². The molecule has 0 spiro atoms. The molecule has 17 heavy (non-hydrogen) atoms. The summed E-state index contributed by atoms with van der Waals surface area (Å²) in [7, 11) is 0. The first-order valence-corrected chi connectivity index (χ1v) is 6.36. The van der Waals surface area contributed by atoms with E-state index in [-0.39, 0.29) is 5.11 Å². The molecule has 0 aliphatic rings. The van der Waals surface area contributed by atoms with Gasteiger partial charge in [-0.25, -0.2) is 0 Å². The second-order valence-electron chi connectivity index (χ2n) is 3.40. The molecule has 0 radical (unpaired) electrons. The van der Waals surface area contributed by atoms with Gasteiger partial charge < -0.3 is 11.1 Å².